The summed E-state index contributed by atoms with van der Waals surface area (Å²) in [4.78, 5) is 14.8. The third-order valence-electron chi connectivity index (χ3n) is 3.04. The number of hydrogen-bond donors (Lipinski definition) is 2. The van der Waals surface area contributed by atoms with Gasteiger partial charge in [-0.2, -0.15) is 0 Å². The van der Waals surface area contributed by atoms with Crippen molar-refractivity contribution >= 4 is 22.9 Å². The van der Waals surface area contributed by atoms with Crippen molar-refractivity contribution in [2.24, 2.45) is 0 Å². The summed E-state index contributed by atoms with van der Waals surface area (Å²) in [7, 11) is 0. The van der Waals surface area contributed by atoms with Gasteiger partial charge in [-0.05, 0) is 50.3 Å². The number of thiophene rings is 1. The van der Waals surface area contributed by atoms with E-state index in [0.717, 1.165) is 19.5 Å². The molecule has 1 saturated heterocycles. The molecular weight excluding hydrogens is 234 g/mol. The van der Waals surface area contributed by atoms with E-state index in [1.807, 2.05) is 5.38 Å². The van der Waals surface area contributed by atoms with Gasteiger partial charge in [0.15, 0.2) is 0 Å². The molecule has 2 heterocycles. The standard InChI is InChI=1S/C12H19N3OS/c13-10-4-9-17-11(10)12(16)14-5-3-8-15-6-1-2-7-15/h4,9H,1-3,5-8,13H2,(H,14,16). The molecule has 1 amide bonds. The molecular formula is C12H19N3OS. The number of likely N-dealkylation sites (tertiary alicyclic amines) is 1. The molecule has 3 N–H and O–H groups in total. The summed E-state index contributed by atoms with van der Waals surface area (Å²) in [6, 6.07) is 1.77. The molecule has 5 heteroatoms. The number of nitrogens with two attached hydrogens (primary N) is 1. The molecule has 1 fully saturated rings. The molecule has 1 aliphatic heterocycles. The molecule has 0 saturated carbocycles. The highest BCUT2D eigenvalue weighted by atomic mass is 32.1. The fourth-order valence-corrected chi connectivity index (χ4v) is 2.83. The lowest BCUT2D eigenvalue weighted by atomic mass is 10.3. The van der Waals surface area contributed by atoms with Crippen molar-refractivity contribution in [2.45, 2.75) is 19.3 Å². The van der Waals surface area contributed by atoms with E-state index in [9.17, 15) is 4.79 Å². The minimum atomic E-state index is -0.0427. The summed E-state index contributed by atoms with van der Waals surface area (Å²) in [5.41, 5.74) is 6.26. The van der Waals surface area contributed by atoms with Crippen LogP contribution in [0.2, 0.25) is 0 Å². The maximum atomic E-state index is 11.7. The molecule has 2 rings (SSSR count). The zero-order valence-electron chi connectivity index (χ0n) is 9.95. The number of carbonyl (C=O) groups excluding carboxylic acids is 1. The molecule has 1 aromatic rings. The van der Waals surface area contributed by atoms with Crippen molar-refractivity contribution in [1.82, 2.24) is 10.2 Å². The number of carbonyl (C=O) groups is 1. The summed E-state index contributed by atoms with van der Waals surface area (Å²) in [6.07, 6.45) is 3.65. The third-order valence-corrected chi connectivity index (χ3v) is 3.97. The maximum Gasteiger partial charge on any atom is 0.263 e. The van der Waals surface area contributed by atoms with E-state index in [4.69, 9.17) is 5.73 Å². The lowest BCUT2D eigenvalue weighted by molar-refractivity contribution is 0.0957. The second-order valence-electron chi connectivity index (χ2n) is 4.36. The molecule has 0 atom stereocenters. The maximum absolute atomic E-state index is 11.7. The second-order valence-corrected chi connectivity index (χ2v) is 5.28. The average Bonchev–Trinajstić information content (AvgIpc) is 2.95. The Bertz CT molecular complexity index is 372. The van der Waals surface area contributed by atoms with E-state index < -0.39 is 0 Å². The van der Waals surface area contributed by atoms with E-state index >= 15 is 0 Å². The molecule has 0 aromatic carbocycles. The van der Waals surface area contributed by atoms with Gasteiger partial charge in [0.25, 0.3) is 5.91 Å². The van der Waals surface area contributed by atoms with Gasteiger partial charge in [-0.15, -0.1) is 11.3 Å². The topological polar surface area (TPSA) is 58.4 Å². The molecule has 0 unspecified atom stereocenters. The minimum Gasteiger partial charge on any atom is -0.397 e. The molecule has 1 aromatic heterocycles. The number of anilines is 1. The van der Waals surface area contributed by atoms with Crippen molar-refractivity contribution in [2.75, 3.05) is 31.9 Å². The van der Waals surface area contributed by atoms with Crippen LogP contribution in [0.5, 0.6) is 0 Å². The highest BCUT2D eigenvalue weighted by Gasteiger charge is 2.12. The Labute approximate surface area is 106 Å². The molecule has 17 heavy (non-hydrogen) atoms. The minimum absolute atomic E-state index is 0.0427. The predicted molar refractivity (Wildman–Crippen MR) is 71.4 cm³/mol. The molecule has 0 radical (unpaired) electrons. The largest absolute Gasteiger partial charge is 0.397 e. The highest BCUT2D eigenvalue weighted by molar-refractivity contribution is 7.12. The van der Waals surface area contributed by atoms with Crippen LogP contribution >= 0.6 is 11.3 Å². The summed E-state index contributed by atoms with van der Waals surface area (Å²) in [5.74, 6) is -0.0427. The van der Waals surface area contributed by atoms with Crippen LogP contribution in [-0.2, 0) is 0 Å². The van der Waals surface area contributed by atoms with Crippen LogP contribution in [-0.4, -0.2) is 37.0 Å². The van der Waals surface area contributed by atoms with Crippen LogP contribution in [0, 0.1) is 0 Å². The van der Waals surface area contributed by atoms with Crippen LogP contribution in [0.3, 0.4) is 0 Å². The van der Waals surface area contributed by atoms with Crippen LogP contribution < -0.4 is 11.1 Å². The Morgan fingerprint density at radius 1 is 1.47 bits per heavy atom. The first kappa shape index (κ1) is 12.4. The van der Waals surface area contributed by atoms with Crippen LogP contribution in [0.25, 0.3) is 0 Å². The van der Waals surface area contributed by atoms with E-state index in [2.05, 4.69) is 10.2 Å². The normalized spacial score (nSPS) is 16.2. The molecule has 94 valence electrons. The number of nitrogen functional groups attached to an aromatic ring is 1. The lowest BCUT2D eigenvalue weighted by Gasteiger charge is -2.14. The predicted octanol–water partition coefficient (Wildman–Crippen LogP) is 1.55. The number of nitrogens with zero attached hydrogens (tertiary/aromatic N) is 1. The first-order chi connectivity index (χ1) is 8.27. The summed E-state index contributed by atoms with van der Waals surface area (Å²) in [5, 5.41) is 4.76. The van der Waals surface area contributed by atoms with Crippen LogP contribution in [0.15, 0.2) is 11.4 Å². The van der Waals surface area contributed by atoms with Gasteiger partial charge in [-0.1, -0.05) is 0 Å². The van der Waals surface area contributed by atoms with E-state index in [-0.39, 0.29) is 5.91 Å². The summed E-state index contributed by atoms with van der Waals surface area (Å²) >= 11 is 1.39. The number of nitrogens with one attached hydrogen (secondary N) is 1. The first-order valence-electron chi connectivity index (χ1n) is 6.11. The van der Waals surface area contributed by atoms with Gasteiger partial charge >= 0.3 is 0 Å². The molecule has 0 bridgehead atoms. The summed E-state index contributed by atoms with van der Waals surface area (Å²) in [6.45, 7) is 4.24. The summed E-state index contributed by atoms with van der Waals surface area (Å²) < 4.78 is 0. The number of amides is 1. The number of rotatable bonds is 5. The van der Waals surface area contributed by atoms with Gasteiger partial charge in [-0.25, -0.2) is 0 Å². The van der Waals surface area contributed by atoms with Gasteiger partial charge in [0.2, 0.25) is 0 Å². The van der Waals surface area contributed by atoms with Crippen molar-refractivity contribution < 1.29 is 4.79 Å². The van der Waals surface area contributed by atoms with Crippen molar-refractivity contribution in [3.05, 3.63) is 16.3 Å². The van der Waals surface area contributed by atoms with Crippen LogP contribution in [0.4, 0.5) is 5.69 Å². The fourth-order valence-electron chi connectivity index (χ4n) is 2.09. The van der Waals surface area contributed by atoms with Crippen molar-refractivity contribution in [3.8, 4) is 0 Å². The molecule has 0 aliphatic carbocycles. The molecule has 1 aliphatic rings. The Hall–Kier alpha value is -1.07. The van der Waals surface area contributed by atoms with E-state index in [0.29, 0.717) is 10.6 Å². The fraction of sp³-hybridized carbons (Fsp3) is 0.583. The first-order valence-corrected chi connectivity index (χ1v) is 6.99. The quantitative estimate of drug-likeness (QED) is 0.783. The number of hydrogen-bond acceptors (Lipinski definition) is 4. The van der Waals surface area contributed by atoms with Crippen molar-refractivity contribution in [1.29, 1.82) is 0 Å². The monoisotopic (exact) mass is 253 g/mol. The smallest absolute Gasteiger partial charge is 0.263 e. The Balaban J connectivity index is 1.65. The van der Waals surface area contributed by atoms with E-state index in [1.165, 1.54) is 37.3 Å². The molecule has 0 spiro atoms. The van der Waals surface area contributed by atoms with Crippen molar-refractivity contribution in [3.63, 3.8) is 0 Å². The average molecular weight is 253 g/mol. The van der Waals surface area contributed by atoms with E-state index in [1.54, 1.807) is 6.07 Å². The van der Waals surface area contributed by atoms with Gasteiger partial charge in [0.1, 0.15) is 4.88 Å². The Kier molecular flexibility index (Phi) is 4.39. The third kappa shape index (κ3) is 3.44. The Morgan fingerprint density at radius 2 is 2.24 bits per heavy atom. The zero-order valence-corrected chi connectivity index (χ0v) is 10.8. The zero-order chi connectivity index (χ0) is 12.1. The Morgan fingerprint density at radius 3 is 2.88 bits per heavy atom. The SMILES string of the molecule is Nc1ccsc1C(=O)NCCCN1CCCC1. The van der Waals surface area contributed by atoms with Gasteiger partial charge < -0.3 is 16.0 Å². The highest BCUT2D eigenvalue weighted by Crippen LogP contribution is 2.18. The lowest BCUT2D eigenvalue weighted by Crippen LogP contribution is -2.28. The van der Waals surface area contributed by atoms with Gasteiger partial charge in [0, 0.05) is 6.54 Å². The second kappa shape index (κ2) is 6.02. The molecule has 4 nitrogen and oxygen atoms in total. The van der Waals surface area contributed by atoms with Gasteiger partial charge in [-0.3, -0.25) is 4.79 Å². The van der Waals surface area contributed by atoms with Crippen LogP contribution in [0.1, 0.15) is 28.9 Å². The van der Waals surface area contributed by atoms with Gasteiger partial charge in [0.05, 0.1) is 5.69 Å².